The van der Waals surface area contributed by atoms with Crippen LogP contribution in [0.15, 0.2) is 18.5 Å². The molecule has 2 N–H and O–H groups in total. The van der Waals surface area contributed by atoms with E-state index in [4.69, 9.17) is 5.73 Å². The van der Waals surface area contributed by atoms with Crippen molar-refractivity contribution in [3.63, 3.8) is 0 Å². The molecule has 0 bridgehead atoms. The van der Waals surface area contributed by atoms with Gasteiger partial charge in [-0.25, -0.2) is 4.79 Å². The number of esters is 1. The van der Waals surface area contributed by atoms with Gasteiger partial charge < -0.3 is 15.4 Å². The number of ether oxygens (including phenoxy) is 1. The highest BCUT2D eigenvalue weighted by Crippen LogP contribution is 2.32. The number of hydrogen-bond acceptors (Lipinski definition) is 5. The Morgan fingerprint density at radius 1 is 1.50 bits per heavy atom. The van der Waals surface area contributed by atoms with Gasteiger partial charge in [0.25, 0.3) is 0 Å². The second-order valence-corrected chi connectivity index (χ2v) is 4.75. The Morgan fingerprint density at radius 3 is 2.80 bits per heavy atom. The number of aromatic nitrogens is 1. The zero-order valence-electron chi connectivity index (χ0n) is 10.8. The average Bonchev–Trinajstić information content (AvgIpc) is 2.81. The fraction of sp³-hybridized carbons (Fsp3) is 0.500. The smallest absolute Gasteiger partial charge is 0.417 e. The van der Waals surface area contributed by atoms with Crippen LogP contribution in [0.4, 0.5) is 18.9 Å². The van der Waals surface area contributed by atoms with Crippen molar-refractivity contribution in [2.75, 3.05) is 25.1 Å². The van der Waals surface area contributed by atoms with Crippen LogP contribution < -0.4 is 10.6 Å². The first kappa shape index (κ1) is 14.6. The molecule has 8 heteroatoms. The van der Waals surface area contributed by atoms with Gasteiger partial charge in [-0.1, -0.05) is 0 Å². The average molecular weight is 289 g/mol. The molecule has 0 aliphatic carbocycles. The lowest BCUT2D eigenvalue weighted by Gasteiger charge is -2.23. The maximum Gasteiger partial charge on any atom is 0.417 e. The molecule has 1 atom stereocenters. The second-order valence-electron chi connectivity index (χ2n) is 4.75. The van der Waals surface area contributed by atoms with E-state index in [9.17, 15) is 18.0 Å². The number of pyridine rings is 1. The topological polar surface area (TPSA) is 68.5 Å². The predicted octanol–water partition coefficient (Wildman–Crippen LogP) is 1.18. The van der Waals surface area contributed by atoms with Gasteiger partial charge in [-0.3, -0.25) is 4.98 Å². The van der Waals surface area contributed by atoms with E-state index in [1.807, 2.05) is 0 Å². The van der Waals surface area contributed by atoms with Crippen molar-refractivity contribution in [2.24, 2.45) is 5.73 Å². The van der Waals surface area contributed by atoms with Gasteiger partial charge in [0, 0.05) is 19.3 Å². The van der Waals surface area contributed by atoms with Crippen molar-refractivity contribution in [1.29, 1.82) is 0 Å². The summed E-state index contributed by atoms with van der Waals surface area (Å²) >= 11 is 0. The summed E-state index contributed by atoms with van der Waals surface area (Å²) in [6, 6.07) is 0.996. The van der Waals surface area contributed by atoms with Gasteiger partial charge in [0.15, 0.2) is 0 Å². The van der Waals surface area contributed by atoms with Gasteiger partial charge in [-0.15, -0.1) is 0 Å². The lowest BCUT2D eigenvalue weighted by molar-refractivity contribution is -0.146. The lowest BCUT2D eigenvalue weighted by Crippen LogP contribution is -2.50. The largest absolute Gasteiger partial charge is 0.468 e. The SMILES string of the molecule is COC(=O)C1(N)CCN(c2cncc(C(F)(F)F)c2)C1. The van der Waals surface area contributed by atoms with Crippen LogP contribution in [0.5, 0.6) is 0 Å². The predicted molar refractivity (Wildman–Crippen MR) is 65.0 cm³/mol. The number of halogens is 3. The third kappa shape index (κ3) is 2.69. The zero-order valence-corrected chi connectivity index (χ0v) is 10.8. The second kappa shape index (κ2) is 4.93. The molecule has 1 saturated heterocycles. The Balaban J connectivity index is 2.21. The molecule has 110 valence electrons. The highest BCUT2D eigenvalue weighted by atomic mass is 19.4. The number of carbonyl (C=O) groups excluding carboxylic acids is 1. The van der Waals surface area contributed by atoms with Crippen LogP contribution in [-0.4, -0.2) is 36.7 Å². The van der Waals surface area contributed by atoms with Crippen molar-refractivity contribution in [2.45, 2.75) is 18.1 Å². The molecule has 20 heavy (non-hydrogen) atoms. The van der Waals surface area contributed by atoms with E-state index in [1.165, 1.54) is 13.3 Å². The van der Waals surface area contributed by atoms with Crippen molar-refractivity contribution in [3.05, 3.63) is 24.0 Å². The third-order valence-corrected chi connectivity index (χ3v) is 3.31. The Hall–Kier alpha value is -1.83. The summed E-state index contributed by atoms with van der Waals surface area (Å²) in [4.78, 5) is 16.8. The van der Waals surface area contributed by atoms with E-state index < -0.39 is 23.2 Å². The van der Waals surface area contributed by atoms with Crippen molar-refractivity contribution in [3.8, 4) is 0 Å². The third-order valence-electron chi connectivity index (χ3n) is 3.31. The monoisotopic (exact) mass is 289 g/mol. The molecule has 2 rings (SSSR count). The summed E-state index contributed by atoms with van der Waals surface area (Å²) in [5, 5.41) is 0. The number of nitrogens with two attached hydrogens (primary N) is 1. The molecule has 0 spiro atoms. The van der Waals surface area contributed by atoms with Gasteiger partial charge in [-0.2, -0.15) is 13.2 Å². The Kier molecular flexibility index (Phi) is 3.59. The number of hydrogen-bond donors (Lipinski definition) is 1. The minimum absolute atomic E-state index is 0.0999. The van der Waals surface area contributed by atoms with E-state index in [1.54, 1.807) is 4.90 Å². The number of nitrogens with zero attached hydrogens (tertiary/aromatic N) is 2. The van der Waals surface area contributed by atoms with Gasteiger partial charge in [-0.05, 0) is 12.5 Å². The molecule has 0 amide bonds. The van der Waals surface area contributed by atoms with Crippen molar-refractivity contribution >= 4 is 11.7 Å². The first-order chi connectivity index (χ1) is 9.26. The van der Waals surface area contributed by atoms with Crippen LogP contribution in [0.2, 0.25) is 0 Å². The highest BCUT2D eigenvalue weighted by molar-refractivity contribution is 5.82. The maximum absolute atomic E-state index is 12.6. The fourth-order valence-electron chi connectivity index (χ4n) is 2.18. The van der Waals surface area contributed by atoms with Crippen molar-refractivity contribution < 1.29 is 22.7 Å². The first-order valence-electron chi connectivity index (χ1n) is 5.91. The summed E-state index contributed by atoms with van der Waals surface area (Å²) < 4.78 is 42.5. The zero-order chi connectivity index (χ0) is 15.0. The lowest BCUT2D eigenvalue weighted by atomic mass is 10.0. The highest BCUT2D eigenvalue weighted by Gasteiger charge is 2.42. The van der Waals surface area contributed by atoms with E-state index in [2.05, 4.69) is 9.72 Å². The number of alkyl halides is 3. The number of carbonyl (C=O) groups is 1. The summed E-state index contributed by atoms with van der Waals surface area (Å²) in [5.41, 5.74) is 4.17. The van der Waals surface area contributed by atoms with Crippen LogP contribution in [0.3, 0.4) is 0 Å². The van der Waals surface area contributed by atoms with Gasteiger partial charge in [0.05, 0.1) is 24.6 Å². The van der Waals surface area contributed by atoms with E-state index in [0.717, 1.165) is 12.3 Å². The summed E-state index contributed by atoms with van der Waals surface area (Å²) in [7, 11) is 1.23. The van der Waals surface area contributed by atoms with E-state index in [-0.39, 0.29) is 12.2 Å². The normalized spacial score (nSPS) is 22.9. The quantitative estimate of drug-likeness (QED) is 0.828. The Bertz CT molecular complexity index is 521. The molecule has 0 radical (unpaired) electrons. The van der Waals surface area contributed by atoms with Crippen LogP contribution >= 0.6 is 0 Å². The van der Waals surface area contributed by atoms with E-state index >= 15 is 0 Å². The fourth-order valence-corrected chi connectivity index (χ4v) is 2.18. The molecule has 1 aromatic heterocycles. The van der Waals surface area contributed by atoms with Crippen LogP contribution in [0.1, 0.15) is 12.0 Å². The molecular formula is C12H14F3N3O2. The number of anilines is 1. The summed E-state index contributed by atoms with van der Waals surface area (Å²) in [5.74, 6) is -0.570. The summed E-state index contributed by atoms with van der Waals surface area (Å²) in [6.07, 6.45) is -2.06. The molecule has 5 nitrogen and oxygen atoms in total. The molecule has 2 heterocycles. The van der Waals surface area contributed by atoms with E-state index in [0.29, 0.717) is 13.0 Å². The molecule has 1 aliphatic rings. The Labute approximate surface area is 113 Å². The molecular weight excluding hydrogens is 275 g/mol. The van der Waals surface area contributed by atoms with Crippen LogP contribution in [-0.2, 0) is 15.7 Å². The Morgan fingerprint density at radius 2 is 2.20 bits per heavy atom. The standard InChI is InChI=1S/C12H14F3N3O2/c1-20-10(19)11(16)2-3-18(7-11)9-4-8(5-17-6-9)12(13,14)15/h4-6H,2-3,7,16H2,1H3. The number of methoxy groups -OCH3 is 1. The molecule has 1 aromatic rings. The van der Waals surface area contributed by atoms with Crippen molar-refractivity contribution in [1.82, 2.24) is 4.98 Å². The minimum atomic E-state index is -4.45. The van der Waals surface area contributed by atoms with Gasteiger partial charge in [0.1, 0.15) is 5.54 Å². The van der Waals surface area contributed by atoms with Gasteiger partial charge in [0.2, 0.25) is 0 Å². The van der Waals surface area contributed by atoms with Crippen LogP contribution in [0.25, 0.3) is 0 Å². The van der Waals surface area contributed by atoms with Gasteiger partial charge >= 0.3 is 12.1 Å². The molecule has 1 aliphatic heterocycles. The molecule has 1 fully saturated rings. The maximum atomic E-state index is 12.6. The molecule has 0 aromatic carbocycles. The first-order valence-corrected chi connectivity index (χ1v) is 5.91. The number of rotatable bonds is 2. The molecule has 0 saturated carbocycles. The van der Waals surface area contributed by atoms with Crippen LogP contribution in [0, 0.1) is 0 Å². The summed E-state index contributed by atoms with van der Waals surface area (Å²) in [6.45, 7) is 0.469. The molecule has 1 unspecified atom stereocenters. The minimum Gasteiger partial charge on any atom is -0.468 e.